The third kappa shape index (κ3) is 13.4. The molecule has 19 heteroatoms. The van der Waals surface area contributed by atoms with Gasteiger partial charge in [-0.2, -0.15) is 0 Å². The van der Waals surface area contributed by atoms with Crippen LogP contribution in [0.15, 0.2) is 0 Å². The highest BCUT2D eigenvalue weighted by atomic mass is 127. The second-order valence-electron chi connectivity index (χ2n) is 9.23. The molecule has 1 heterocycles. The number of hydrogen-bond acceptors (Lipinski definition) is 13. The summed E-state index contributed by atoms with van der Waals surface area (Å²) in [6.07, 6.45) is -3.08. The largest absolute Gasteiger partial charge is 0.462 e. The van der Waals surface area contributed by atoms with Gasteiger partial charge in [0.05, 0.1) is 43.7 Å². The van der Waals surface area contributed by atoms with E-state index in [1.54, 1.807) is 0 Å². The number of epoxide rings is 1. The smallest absolute Gasteiger partial charge is 0.411 e. The van der Waals surface area contributed by atoms with E-state index in [0.717, 1.165) is 13.8 Å². The van der Waals surface area contributed by atoms with E-state index in [1.807, 2.05) is 67.8 Å². The highest BCUT2D eigenvalue weighted by Gasteiger charge is 2.31. The molecular weight excluding hydrogens is 943 g/mol. The van der Waals surface area contributed by atoms with Crippen LogP contribution in [0.3, 0.4) is 0 Å². The van der Waals surface area contributed by atoms with E-state index in [4.69, 9.17) is 28.4 Å². The number of anilines is 1. The monoisotopic (exact) mass is 973 g/mol. The average Bonchev–Trinajstić information content (AvgIpc) is 3.77. The Hall–Kier alpha value is -2.54. The van der Waals surface area contributed by atoms with Gasteiger partial charge in [0.25, 0.3) is 11.8 Å². The predicted molar refractivity (Wildman–Crippen MR) is 178 cm³/mol. The van der Waals surface area contributed by atoms with Crippen molar-refractivity contribution in [3.05, 3.63) is 21.8 Å². The minimum atomic E-state index is -1.01. The van der Waals surface area contributed by atoms with E-state index >= 15 is 0 Å². The van der Waals surface area contributed by atoms with Crippen LogP contribution in [0.1, 0.15) is 48.4 Å². The molecule has 45 heavy (non-hydrogen) atoms. The molecular formula is C26H30I3N3O13. The summed E-state index contributed by atoms with van der Waals surface area (Å²) < 4.78 is 31.0. The standard InChI is InChI=1S/C26H30I3N3O13/c1-11(33)40-7-15(44-13(3)35)5-30-24(37)18-20(27)19(25(38)31-6-16(45-14(4)36)8-41-12(2)34)22(29)23(21(18)28)32-26(39)43-10-17-9-42-17/h15-17H,5-10H2,1-4H3,(H,30,37)(H,31,38)(H,32,39). The summed E-state index contributed by atoms with van der Waals surface area (Å²) in [5.41, 5.74) is 0.0859. The number of hydrogen-bond donors (Lipinski definition) is 3. The van der Waals surface area contributed by atoms with Crippen LogP contribution in [0.2, 0.25) is 0 Å². The van der Waals surface area contributed by atoms with Crippen LogP contribution < -0.4 is 16.0 Å². The molecule has 0 bridgehead atoms. The van der Waals surface area contributed by atoms with Gasteiger partial charge in [-0.25, -0.2) is 4.79 Å². The number of amides is 3. The summed E-state index contributed by atoms with van der Waals surface area (Å²) in [6.45, 7) is 3.99. The van der Waals surface area contributed by atoms with Gasteiger partial charge in [0.1, 0.15) is 25.9 Å². The molecule has 1 aromatic carbocycles. The van der Waals surface area contributed by atoms with Crippen molar-refractivity contribution >= 4 is 115 Å². The predicted octanol–water partition coefficient (Wildman–Crippen LogP) is 1.90. The molecule has 2 rings (SSSR count). The molecule has 1 fully saturated rings. The van der Waals surface area contributed by atoms with Crippen LogP contribution in [-0.4, -0.2) is 99.6 Å². The normalized spacial score (nSPS) is 14.6. The van der Waals surface area contributed by atoms with E-state index in [1.165, 1.54) is 13.8 Å². The van der Waals surface area contributed by atoms with Gasteiger partial charge in [0.2, 0.25) is 0 Å². The van der Waals surface area contributed by atoms with E-state index in [2.05, 4.69) is 16.0 Å². The van der Waals surface area contributed by atoms with E-state index < -0.39 is 54.0 Å². The zero-order chi connectivity index (χ0) is 33.8. The first kappa shape index (κ1) is 38.6. The molecule has 0 aliphatic carbocycles. The number of carbonyl (C=O) groups is 7. The lowest BCUT2D eigenvalue weighted by Crippen LogP contribution is -2.40. The molecule has 1 aliphatic heterocycles. The maximum Gasteiger partial charge on any atom is 0.411 e. The summed E-state index contributed by atoms with van der Waals surface area (Å²) >= 11 is 5.49. The van der Waals surface area contributed by atoms with E-state index in [9.17, 15) is 33.6 Å². The van der Waals surface area contributed by atoms with Crippen molar-refractivity contribution < 1.29 is 62.0 Å². The Morgan fingerprint density at radius 3 is 1.49 bits per heavy atom. The van der Waals surface area contributed by atoms with Crippen LogP contribution in [0, 0.1) is 10.7 Å². The molecule has 3 amide bonds. The zero-order valence-corrected chi connectivity index (χ0v) is 30.9. The molecule has 16 nitrogen and oxygen atoms in total. The molecule has 3 N–H and O–H groups in total. The molecule has 0 spiro atoms. The number of rotatable bonds is 15. The molecule has 1 saturated heterocycles. The Bertz CT molecular complexity index is 1260. The van der Waals surface area contributed by atoms with Crippen LogP contribution in [-0.2, 0) is 47.6 Å². The van der Waals surface area contributed by atoms with Crippen LogP contribution >= 0.6 is 67.8 Å². The molecule has 248 valence electrons. The first-order valence-electron chi connectivity index (χ1n) is 13.0. The number of ether oxygens (including phenoxy) is 6. The maximum atomic E-state index is 13.5. The van der Waals surface area contributed by atoms with Gasteiger partial charge in [0.15, 0.2) is 12.2 Å². The molecule has 0 saturated carbocycles. The second-order valence-corrected chi connectivity index (χ2v) is 12.5. The van der Waals surface area contributed by atoms with Gasteiger partial charge in [0, 0.05) is 31.3 Å². The Morgan fingerprint density at radius 1 is 0.711 bits per heavy atom. The van der Waals surface area contributed by atoms with Crippen molar-refractivity contribution in [2.75, 3.05) is 44.8 Å². The third-order valence-corrected chi connectivity index (χ3v) is 8.63. The Morgan fingerprint density at radius 2 is 1.13 bits per heavy atom. The highest BCUT2D eigenvalue weighted by molar-refractivity contribution is 14.1. The Kier molecular flexibility index (Phi) is 15.9. The number of benzene rings is 1. The van der Waals surface area contributed by atoms with Crippen molar-refractivity contribution in [3.63, 3.8) is 0 Å². The number of halogens is 3. The van der Waals surface area contributed by atoms with Crippen LogP contribution in [0.5, 0.6) is 0 Å². The third-order valence-electron chi connectivity index (χ3n) is 5.39. The van der Waals surface area contributed by atoms with Gasteiger partial charge in [-0.3, -0.25) is 34.1 Å². The first-order valence-corrected chi connectivity index (χ1v) is 16.3. The summed E-state index contributed by atoms with van der Waals surface area (Å²) in [5, 5.41) is 7.79. The topological polar surface area (TPSA) is 214 Å². The van der Waals surface area contributed by atoms with Crippen molar-refractivity contribution in [1.82, 2.24) is 10.6 Å². The van der Waals surface area contributed by atoms with E-state index in [-0.39, 0.29) is 66.5 Å². The fraction of sp³-hybridized carbons (Fsp3) is 0.500. The molecule has 0 aromatic heterocycles. The maximum absolute atomic E-state index is 13.5. The van der Waals surface area contributed by atoms with Crippen molar-refractivity contribution in [3.8, 4) is 0 Å². The summed E-state index contributed by atoms with van der Waals surface area (Å²) in [6, 6.07) is 0. The summed E-state index contributed by atoms with van der Waals surface area (Å²) in [5.74, 6) is -3.97. The molecule has 1 aliphatic rings. The number of esters is 4. The van der Waals surface area contributed by atoms with E-state index in [0.29, 0.717) is 6.61 Å². The van der Waals surface area contributed by atoms with Gasteiger partial charge in [-0.15, -0.1) is 0 Å². The summed E-state index contributed by atoms with van der Waals surface area (Å²) in [7, 11) is 0. The Balaban J connectivity index is 2.42. The van der Waals surface area contributed by atoms with Gasteiger partial charge in [-0.1, -0.05) is 0 Å². The van der Waals surface area contributed by atoms with Crippen molar-refractivity contribution in [1.29, 1.82) is 0 Å². The fourth-order valence-corrected chi connectivity index (χ4v) is 7.81. The van der Waals surface area contributed by atoms with Crippen LogP contribution in [0.4, 0.5) is 10.5 Å². The lowest BCUT2D eigenvalue weighted by molar-refractivity contribution is -0.155. The SMILES string of the molecule is CC(=O)OCC(CNC(=O)c1c(I)c(NC(=O)OCC2CO2)c(I)c(C(=O)NCC(COC(C)=O)OC(C)=O)c1I)OC(C)=O. The number of carbonyl (C=O) groups excluding carboxylic acids is 7. The van der Waals surface area contributed by atoms with Crippen molar-refractivity contribution in [2.45, 2.75) is 46.0 Å². The van der Waals surface area contributed by atoms with Gasteiger partial charge in [-0.05, 0) is 67.8 Å². The lowest BCUT2D eigenvalue weighted by atomic mass is 10.1. The molecule has 3 atom stereocenters. The second kappa shape index (κ2) is 18.6. The summed E-state index contributed by atoms with van der Waals surface area (Å²) in [4.78, 5) is 85.2. The quantitative estimate of drug-likeness (QED) is 0.0994. The Labute approximate surface area is 298 Å². The average molecular weight is 973 g/mol. The minimum Gasteiger partial charge on any atom is -0.462 e. The molecule has 3 unspecified atom stereocenters. The molecule has 1 aromatic rings. The van der Waals surface area contributed by atoms with Gasteiger partial charge >= 0.3 is 30.0 Å². The zero-order valence-electron chi connectivity index (χ0n) is 24.4. The lowest BCUT2D eigenvalue weighted by Gasteiger charge is -2.22. The first-order chi connectivity index (χ1) is 21.1. The minimum absolute atomic E-state index is 0.00376. The number of nitrogens with one attached hydrogen (secondary N) is 3. The van der Waals surface area contributed by atoms with Crippen molar-refractivity contribution in [2.24, 2.45) is 0 Å². The highest BCUT2D eigenvalue weighted by Crippen LogP contribution is 2.36. The van der Waals surface area contributed by atoms with Crippen LogP contribution in [0.25, 0.3) is 0 Å². The fourth-order valence-electron chi connectivity index (χ4n) is 3.39. The van der Waals surface area contributed by atoms with Gasteiger partial charge < -0.3 is 39.1 Å². The molecule has 0 radical (unpaired) electrons.